The molecular weight excluding hydrogens is 369 g/mol. The lowest BCUT2D eigenvalue weighted by Crippen LogP contribution is -2.35. The van der Waals surface area contributed by atoms with Crippen LogP contribution >= 0.6 is 0 Å². The molecule has 2 heterocycles. The summed E-state index contributed by atoms with van der Waals surface area (Å²) in [6, 6.07) is 13.5. The second-order valence-corrected chi connectivity index (χ2v) is 8.61. The third kappa shape index (κ3) is 2.80. The van der Waals surface area contributed by atoms with Crippen LogP contribution in [0.2, 0.25) is 0 Å². The number of hydrogen-bond donors (Lipinski definition) is 1. The molecule has 2 aromatic carbocycles. The van der Waals surface area contributed by atoms with Crippen molar-refractivity contribution in [3.05, 3.63) is 87.2 Å². The van der Waals surface area contributed by atoms with E-state index in [4.69, 9.17) is 4.74 Å². The summed E-state index contributed by atoms with van der Waals surface area (Å²) in [5.74, 6) is 0.139. The van der Waals surface area contributed by atoms with E-state index in [1.807, 2.05) is 38.1 Å². The fraction of sp³-hybridized carbons (Fsp3) is 0.250. The molecule has 2 aliphatic rings. The van der Waals surface area contributed by atoms with Crippen molar-refractivity contribution in [3.8, 4) is 5.75 Å². The van der Waals surface area contributed by atoms with Crippen molar-refractivity contribution in [2.24, 2.45) is 5.41 Å². The van der Waals surface area contributed by atoms with Crippen LogP contribution in [0.25, 0.3) is 10.9 Å². The first-order valence-electron chi connectivity index (χ1n) is 9.68. The predicted molar refractivity (Wildman–Crippen MR) is 108 cm³/mol. The summed E-state index contributed by atoms with van der Waals surface area (Å²) in [7, 11) is 0. The number of ketones is 1. The minimum absolute atomic E-state index is 0.0243. The Labute approximate surface area is 167 Å². The molecule has 3 aromatic rings. The molecular formula is C24H20FNO3. The molecule has 1 aliphatic heterocycles. The number of carbonyl (C=O) groups is 1. The van der Waals surface area contributed by atoms with Crippen LogP contribution in [0.15, 0.2) is 64.7 Å². The van der Waals surface area contributed by atoms with Gasteiger partial charge in [0.2, 0.25) is 0 Å². The SMILES string of the molecule is CC1(C)CC(=O)C2=C(C1)Oc1c(c(=O)[nH]c3ccccc13)C2c1ccc(F)cc1. The first-order chi connectivity index (χ1) is 13.8. The standard InChI is InChI=1S/C24H20FNO3/c1-24(2)11-17(27)20-18(12-24)29-22-15-5-3-4-6-16(15)26-23(28)21(22)19(20)13-7-9-14(25)10-8-13/h3-10,19H,11-12H2,1-2H3,(H,26,28). The molecule has 1 unspecified atom stereocenters. The lowest BCUT2D eigenvalue weighted by molar-refractivity contribution is -0.118. The van der Waals surface area contributed by atoms with Crippen molar-refractivity contribution in [1.82, 2.24) is 4.98 Å². The molecule has 0 amide bonds. The van der Waals surface area contributed by atoms with Crippen LogP contribution in [0.4, 0.5) is 4.39 Å². The third-order valence-corrected chi connectivity index (χ3v) is 5.79. The van der Waals surface area contributed by atoms with Crippen LogP contribution in [-0.4, -0.2) is 10.8 Å². The molecule has 1 N–H and O–H groups in total. The maximum atomic E-state index is 13.6. The normalized spacial score (nSPS) is 20.2. The van der Waals surface area contributed by atoms with Crippen LogP contribution in [-0.2, 0) is 4.79 Å². The van der Waals surface area contributed by atoms with Crippen molar-refractivity contribution < 1.29 is 13.9 Å². The predicted octanol–water partition coefficient (Wildman–Crippen LogP) is 4.83. The van der Waals surface area contributed by atoms with Crippen molar-refractivity contribution in [2.75, 3.05) is 0 Å². The monoisotopic (exact) mass is 389 g/mol. The van der Waals surface area contributed by atoms with Gasteiger partial charge in [0.1, 0.15) is 17.3 Å². The van der Waals surface area contributed by atoms with Crippen molar-refractivity contribution >= 4 is 16.7 Å². The largest absolute Gasteiger partial charge is 0.460 e. The van der Waals surface area contributed by atoms with Gasteiger partial charge in [-0.05, 0) is 35.2 Å². The van der Waals surface area contributed by atoms with Gasteiger partial charge in [0.05, 0.1) is 17.0 Å². The van der Waals surface area contributed by atoms with E-state index in [2.05, 4.69) is 4.98 Å². The smallest absolute Gasteiger partial charge is 0.256 e. The zero-order valence-corrected chi connectivity index (χ0v) is 16.2. The summed E-state index contributed by atoms with van der Waals surface area (Å²) in [6.07, 6.45) is 0.986. The molecule has 5 rings (SSSR count). The number of pyridine rings is 1. The van der Waals surface area contributed by atoms with Gasteiger partial charge in [0.25, 0.3) is 5.56 Å². The zero-order valence-electron chi connectivity index (χ0n) is 16.2. The molecule has 0 spiro atoms. The molecule has 0 radical (unpaired) electrons. The molecule has 5 heteroatoms. The highest BCUT2D eigenvalue weighted by molar-refractivity contribution is 6.01. The van der Waals surface area contributed by atoms with Gasteiger partial charge in [-0.25, -0.2) is 4.39 Å². The maximum Gasteiger partial charge on any atom is 0.256 e. The van der Waals surface area contributed by atoms with E-state index >= 15 is 0 Å². The lowest BCUT2D eigenvalue weighted by atomic mass is 9.70. The molecule has 0 saturated heterocycles. The number of carbonyl (C=O) groups excluding carboxylic acids is 1. The van der Waals surface area contributed by atoms with Crippen molar-refractivity contribution in [3.63, 3.8) is 0 Å². The Kier molecular flexibility index (Phi) is 3.78. The van der Waals surface area contributed by atoms with E-state index in [1.165, 1.54) is 12.1 Å². The number of aromatic amines is 1. The number of ether oxygens (including phenoxy) is 1. The van der Waals surface area contributed by atoms with Crippen LogP contribution < -0.4 is 10.3 Å². The minimum Gasteiger partial charge on any atom is -0.460 e. The number of H-pyrrole nitrogens is 1. The Morgan fingerprint density at radius 3 is 2.52 bits per heavy atom. The highest BCUT2D eigenvalue weighted by Crippen LogP contribution is 2.50. The summed E-state index contributed by atoms with van der Waals surface area (Å²) < 4.78 is 19.9. The van der Waals surface area contributed by atoms with Gasteiger partial charge in [0, 0.05) is 23.8 Å². The van der Waals surface area contributed by atoms with E-state index in [-0.39, 0.29) is 22.6 Å². The van der Waals surface area contributed by atoms with Crippen LogP contribution in [0, 0.1) is 11.2 Å². The number of hydrogen-bond acceptors (Lipinski definition) is 3. The maximum absolute atomic E-state index is 13.6. The quantitative estimate of drug-likeness (QED) is 0.648. The van der Waals surface area contributed by atoms with E-state index in [1.54, 1.807) is 12.1 Å². The number of rotatable bonds is 1. The third-order valence-electron chi connectivity index (χ3n) is 5.79. The average molecular weight is 389 g/mol. The number of aromatic nitrogens is 1. The number of benzene rings is 2. The summed E-state index contributed by atoms with van der Waals surface area (Å²) in [4.78, 5) is 29.2. The number of halogens is 1. The number of Topliss-reactive ketones (excluding diaryl/α,β-unsaturated/α-hetero) is 1. The van der Waals surface area contributed by atoms with Gasteiger partial charge in [0.15, 0.2) is 5.78 Å². The summed E-state index contributed by atoms with van der Waals surface area (Å²) in [5.41, 5.74) is 1.79. The molecule has 1 aliphatic carbocycles. The second-order valence-electron chi connectivity index (χ2n) is 8.61. The van der Waals surface area contributed by atoms with E-state index in [0.717, 1.165) is 5.39 Å². The topological polar surface area (TPSA) is 59.2 Å². The van der Waals surface area contributed by atoms with Gasteiger partial charge in [-0.2, -0.15) is 0 Å². The Morgan fingerprint density at radius 1 is 1.03 bits per heavy atom. The van der Waals surface area contributed by atoms with Gasteiger partial charge < -0.3 is 9.72 Å². The van der Waals surface area contributed by atoms with E-state index in [9.17, 15) is 14.0 Å². The molecule has 0 fully saturated rings. The molecule has 1 atom stereocenters. The van der Waals surface area contributed by atoms with Gasteiger partial charge in [-0.1, -0.05) is 38.1 Å². The fourth-order valence-electron chi connectivity index (χ4n) is 4.55. The average Bonchev–Trinajstić information content (AvgIpc) is 2.66. The summed E-state index contributed by atoms with van der Waals surface area (Å²) in [6.45, 7) is 4.08. The van der Waals surface area contributed by atoms with Crippen LogP contribution in [0.3, 0.4) is 0 Å². The molecule has 0 bridgehead atoms. The highest BCUT2D eigenvalue weighted by Gasteiger charge is 2.43. The minimum atomic E-state index is -0.577. The number of allylic oxidation sites excluding steroid dienone is 2. The van der Waals surface area contributed by atoms with Gasteiger partial charge in [-0.3, -0.25) is 9.59 Å². The first-order valence-corrected chi connectivity index (χ1v) is 9.68. The van der Waals surface area contributed by atoms with Crippen molar-refractivity contribution in [1.29, 1.82) is 0 Å². The number of fused-ring (bicyclic) bond motifs is 3. The molecule has 0 saturated carbocycles. The molecule has 1 aromatic heterocycles. The second kappa shape index (κ2) is 6.14. The Balaban J connectivity index is 1.84. The Bertz CT molecular complexity index is 1250. The first kappa shape index (κ1) is 17.9. The van der Waals surface area contributed by atoms with Crippen LogP contribution in [0.1, 0.15) is 43.7 Å². The lowest BCUT2D eigenvalue weighted by Gasteiger charge is -2.38. The highest BCUT2D eigenvalue weighted by atomic mass is 19.1. The Morgan fingerprint density at radius 2 is 1.76 bits per heavy atom. The van der Waals surface area contributed by atoms with Gasteiger partial charge in [-0.15, -0.1) is 0 Å². The van der Waals surface area contributed by atoms with Crippen molar-refractivity contribution in [2.45, 2.75) is 32.6 Å². The van der Waals surface area contributed by atoms with Crippen LogP contribution in [0.5, 0.6) is 5.75 Å². The summed E-state index contributed by atoms with van der Waals surface area (Å²) >= 11 is 0. The number of nitrogens with one attached hydrogen (secondary N) is 1. The molecule has 4 nitrogen and oxygen atoms in total. The van der Waals surface area contributed by atoms with Gasteiger partial charge >= 0.3 is 0 Å². The summed E-state index contributed by atoms with van der Waals surface area (Å²) in [5, 5.41) is 0.789. The molecule has 146 valence electrons. The number of para-hydroxylation sites is 1. The Hall–Kier alpha value is -3.21. The zero-order chi connectivity index (χ0) is 20.3. The fourth-order valence-corrected chi connectivity index (χ4v) is 4.55. The van der Waals surface area contributed by atoms with E-state index in [0.29, 0.717) is 46.6 Å². The molecule has 29 heavy (non-hydrogen) atoms. The van der Waals surface area contributed by atoms with E-state index < -0.39 is 5.92 Å².